The van der Waals surface area contributed by atoms with E-state index in [4.69, 9.17) is 0 Å². The highest BCUT2D eigenvalue weighted by Crippen LogP contribution is 2.71. The van der Waals surface area contributed by atoms with Crippen molar-refractivity contribution in [2.75, 3.05) is 6.73 Å². The lowest BCUT2D eigenvalue weighted by Crippen LogP contribution is -2.80. The minimum Gasteiger partial charge on any atom is -0.445 e. The van der Waals surface area contributed by atoms with Crippen LogP contribution < -0.4 is 5.32 Å². The lowest BCUT2D eigenvalue weighted by Gasteiger charge is -2.47. The van der Waals surface area contributed by atoms with E-state index in [-0.39, 0.29) is 13.0 Å². The number of nitrogens with zero attached hydrogens (tertiary/aromatic N) is 2. The van der Waals surface area contributed by atoms with Gasteiger partial charge in [0.2, 0.25) is 12.2 Å². The zero-order valence-corrected chi connectivity index (χ0v) is 34.2. The van der Waals surface area contributed by atoms with E-state index in [0.717, 1.165) is 5.32 Å². The number of isocyanates is 2. The molecule has 8 nitrogen and oxygen atoms in total. The number of halogens is 37. The van der Waals surface area contributed by atoms with E-state index >= 15 is 17.6 Å². The van der Waals surface area contributed by atoms with Crippen molar-refractivity contribution in [3.8, 4) is 0 Å². The van der Waals surface area contributed by atoms with Gasteiger partial charge >= 0.3 is 113 Å². The first-order valence-electron chi connectivity index (χ1n) is 17.1. The van der Waals surface area contributed by atoms with Gasteiger partial charge in [-0.05, 0) is 18.6 Å². The van der Waals surface area contributed by atoms with Crippen LogP contribution in [0.2, 0.25) is 0 Å². The number of rotatable bonds is 22. The zero-order valence-electron chi connectivity index (χ0n) is 34.2. The summed E-state index contributed by atoms with van der Waals surface area (Å²) < 4.78 is 527. The first-order valence-corrected chi connectivity index (χ1v) is 17.1. The number of alkyl halides is 37. The molecule has 0 aliphatic carbocycles. The molecule has 45 heteroatoms. The molecule has 0 aliphatic rings. The number of carbonyl (C=O) groups excluding carboxylic acids is 4. The van der Waals surface area contributed by atoms with Crippen LogP contribution >= 0.6 is 0 Å². The van der Waals surface area contributed by atoms with Gasteiger partial charge in [0.25, 0.3) is 5.91 Å². The summed E-state index contributed by atoms with van der Waals surface area (Å²) in [5.41, 5.74) is -12.1. The van der Waals surface area contributed by atoms with Gasteiger partial charge in [-0.15, -0.1) is 0 Å². The van der Waals surface area contributed by atoms with E-state index in [1.807, 2.05) is 0 Å². The molecule has 0 spiro atoms. The Morgan fingerprint density at radius 1 is 0.434 bits per heavy atom. The number of nitrogens with one attached hydrogen (secondary N) is 1. The smallest absolute Gasteiger partial charge is 0.445 e. The molecule has 0 fully saturated rings. The Kier molecular flexibility index (Phi) is 16.9. The summed E-state index contributed by atoms with van der Waals surface area (Å²) in [4.78, 5) is 50.0. The maximum atomic E-state index is 15.7. The Morgan fingerprint density at radius 3 is 0.921 bits per heavy atom. The Bertz CT molecular complexity index is 2500. The van der Waals surface area contributed by atoms with Gasteiger partial charge in [0.15, 0.2) is 6.73 Å². The second-order valence-electron chi connectivity index (χ2n) is 14.2. The van der Waals surface area contributed by atoms with Crippen molar-refractivity contribution in [3.05, 3.63) is 22.8 Å². The number of benzene rings is 1. The molecule has 0 saturated carbocycles. The van der Waals surface area contributed by atoms with Gasteiger partial charge in [-0.3, -0.25) is 9.59 Å². The molecule has 0 saturated heterocycles. The van der Waals surface area contributed by atoms with Gasteiger partial charge in [-0.25, -0.2) is 9.59 Å². The minimum atomic E-state index is -10.6. The van der Waals surface area contributed by atoms with Crippen LogP contribution in [0, 0.1) is 6.92 Å². The van der Waals surface area contributed by atoms with Gasteiger partial charge in [0.05, 0.1) is 5.56 Å². The first kappa shape index (κ1) is 68.3. The van der Waals surface area contributed by atoms with E-state index in [1.165, 1.54) is 0 Å². The number of ether oxygens (including phenoxy) is 1. The van der Waals surface area contributed by atoms with Crippen LogP contribution in [0.15, 0.2) is 16.1 Å². The van der Waals surface area contributed by atoms with E-state index in [1.54, 1.807) is 0 Å². The SMILES string of the molecule is CC(=O)OCNC(=O)c1cc(N=C=O)c(N=C=O)c(C)c1C(F)(F)C(F)(F)C(F)(F)C(F)(F)C(F)(F)C(F)(F)C(F)(F)C(F)(F)C(F)(F)C(F)(F)C(F)(F)C(F)(F)C(F)(F)C(F)(F)C(F)(F)C(F)(F)C(F)(F)C(F)(F)F. The number of amides is 1. The number of esters is 1. The molecule has 438 valence electrons. The highest BCUT2D eigenvalue weighted by molar-refractivity contribution is 5.99. The van der Waals surface area contributed by atoms with Crippen LogP contribution in [-0.2, 0) is 25.0 Å². The summed E-state index contributed by atoms with van der Waals surface area (Å²) in [5, 5.41) is 1.05. The van der Waals surface area contributed by atoms with Crippen molar-refractivity contribution in [3.63, 3.8) is 0 Å². The minimum absolute atomic E-state index is 0.283. The van der Waals surface area contributed by atoms with Gasteiger partial charge in [-0.2, -0.15) is 172 Å². The van der Waals surface area contributed by atoms with E-state index in [0.29, 0.717) is 13.0 Å². The third kappa shape index (κ3) is 8.64. The van der Waals surface area contributed by atoms with Gasteiger partial charge in [-0.1, -0.05) is 0 Å². The fourth-order valence-electron chi connectivity index (χ4n) is 5.29. The number of hydrogen-bond donors (Lipinski definition) is 1. The van der Waals surface area contributed by atoms with Crippen molar-refractivity contribution in [1.82, 2.24) is 5.32 Å². The molecule has 0 atom stereocenters. The molecule has 1 N–H and O–H groups in total. The third-order valence-electron chi connectivity index (χ3n) is 9.58. The van der Waals surface area contributed by atoms with Crippen molar-refractivity contribution < 1.29 is 186 Å². The Hall–Kier alpha value is -5.67. The monoisotopic (exact) mass is 1210 g/mol. The lowest BCUT2D eigenvalue weighted by molar-refractivity contribution is -0.493. The standard InChI is InChI=1S/C31H10F37N3O5/c1-7-11(9(13(75)71-6-76-8(2)74)3-10(69-4-72)12(7)70-5-73)14(32,33)15(34,35)16(36,37)17(38,39)18(40,41)19(42,43)20(44,45)21(46,47)22(48,49)23(50,51)24(52,53)25(54,55)26(56,57)27(58,59)28(60,61)29(62,63)30(64,65)31(66,67)68/h3H,6H2,1-2H3,(H,71,75). The van der Waals surface area contributed by atoms with E-state index < -0.39 is 160 Å². The molecule has 0 radical (unpaired) electrons. The Morgan fingerprint density at radius 2 is 0.684 bits per heavy atom. The van der Waals surface area contributed by atoms with Crippen LogP contribution in [0.1, 0.15) is 28.4 Å². The van der Waals surface area contributed by atoms with Crippen molar-refractivity contribution in [1.29, 1.82) is 0 Å². The van der Waals surface area contributed by atoms with Crippen LogP contribution in [0.3, 0.4) is 0 Å². The molecule has 0 unspecified atom stereocenters. The van der Waals surface area contributed by atoms with Crippen molar-refractivity contribution in [2.24, 2.45) is 9.98 Å². The second kappa shape index (κ2) is 18.8. The summed E-state index contributed by atoms with van der Waals surface area (Å²) >= 11 is 0. The first-order chi connectivity index (χ1) is 32.9. The molecule has 0 aromatic heterocycles. The Labute approximate surface area is 388 Å². The van der Waals surface area contributed by atoms with Crippen molar-refractivity contribution in [2.45, 2.75) is 121 Å². The average Bonchev–Trinajstić information content (AvgIpc) is 3.22. The summed E-state index contributed by atoms with van der Waals surface area (Å²) in [7, 11) is 0. The highest BCUT2D eigenvalue weighted by Gasteiger charge is 3.02. The largest absolute Gasteiger partial charge is 0.460 e. The topological polar surface area (TPSA) is 114 Å². The highest BCUT2D eigenvalue weighted by atomic mass is 19.4. The number of aliphatic imine (C=N–C) groups is 2. The van der Waals surface area contributed by atoms with Crippen LogP contribution in [0.4, 0.5) is 174 Å². The molecular weight excluding hydrogens is 1200 g/mol. The van der Waals surface area contributed by atoms with Gasteiger partial charge in [0, 0.05) is 12.5 Å². The zero-order chi connectivity index (χ0) is 61.7. The second-order valence-corrected chi connectivity index (χ2v) is 14.2. The molecule has 1 aromatic rings. The third-order valence-corrected chi connectivity index (χ3v) is 9.58. The molecule has 0 bridgehead atoms. The molecule has 1 aromatic carbocycles. The summed E-state index contributed by atoms with van der Waals surface area (Å²) in [6.45, 7) is -1.61. The van der Waals surface area contributed by atoms with Gasteiger partial charge in [0.1, 0.15) is 11.4 Å². The van der Waals surface area contributed by atoms with Crippen LogP contribution in [0.5, 0.6) is 0 Å². The Balaban J connectivity index is 4.34. The number of carbonyl (C=O) groups is 2. The molecule has 0 heterocycles. The predicted molar refractivity (Wildman–Crippen MR) is 160 cm³/mol. The molecule has 1 amide bonds. The van der Waals surface area contributed by atoms with E-state index in [2.05, 4.69) is 14.7 Å². The fraction of sp³-hybridized carbons (Fsp3) is 0.677. The maximum Gasteiger partial charge on any atom is 0.460 e. The summed E-state index contributed by atoms with van der Waals surface area (Å²) in [6, 6.07) is -0.659. The molecule has 76 heavy (non-hydrogen) atoms. The maximum absolute atomic E-state index is 15.7. The molecule has 0 aliphatic heterocycles. The lowest BCUT2D eigenvalue weighted by atomic mass is 9.81. The quantitative estimate of drug-likeness (QED) is 0.0408. The fourth-order valence-corrected chi connectivity index (χ4v) is 5.29. The number of hydrogen-bond acceptors (Lipinski definition) is 7. The molecule has 1 rings (SSSR count). The predicted octanol–water partition coefficient (Wildman–Crippen LogP) is 13.0. The summed E-state index contributed by atoms with van der Waals surface area (Å²) in [5.74, 6) is -173. The normalized spacial score (nSPS) is 15.5. The molecular formula is C31H10F37N3O5. The van der Waals surface area contributed by atoms with E-state index in [9.17, 15) is 164 Å². The summed E-state index contributed by atoms with van der Waals surface area (Å²) in [6.07, 6.45) is -7.81. The average molecular weight is 1210 g/mol. The van der Waals surface area contributed by atoms with Crippen LogP contribution in [0.25, 0.3) is 0 Å². The van der Waals surface area contributed by atoms with Crippen molar-refractivity contribution >= 4 is 35.4 Å². The van der Waals surface area contributed by atoms with Crippen LogP contribution in [-0.4, -0.2) is 132 Å². The van der Waals surface area contributed by atoms with Gasteiger partial charge < -0.3 is 10.1 Å².